The Balaban J connectivity index is 1.39. The first kappa shape index (κ1) is 24.4. The summed E-state index contributed by atoms with van der Waals surface area (Å²) in [5, 5.41) is 13.5. The minimum atomic E-state index is -0.869. The maximum Gasteiger partial charge on any atom is 0.227 e. The van der Waals surface area contributed by atoms with Gasteiger partial charge in [0, 0.05) is 37.8 Å². The zero-order chi connectivity index (χ0) is 25.8. The second-order valence-electron chi connectivity index (χ2n) is 9.37. The van der Waals surface area contributed by atoms with Gasteiger partial charge in [-0.2, -0.15) is 0 Å². The van der Waals surface area contributed by atoms with E-state index in [0.29, 0.717) is 28.0 Å². The van der Waals surface area contributed by atoms with Crippen LogP contribution in [0.15, 0.2) is 47.5 Å². The summed E-state index contributed by atoms with van der Waals surface area (Å²) in [6.45, 7) is 6.12. The zero-order valence-corrected chi connectivity index (χ0v) is 22.9. The van der Waals surface area contributed by atoms with Crippen LogP contribution in [0.3, 0.4) is 0 Å². The number of rotatable bonds is 4. The summed E-state index contributed by atoms with van der Waals surface area (Å²) in [4.78, 5) is 19.6. The Morgan fingerprint density at radius 1 is 1.14 bits per heavy atom. The number of benzene rings is 2. The average Bonchev–Trinajstić information content (AvgIpc) is 3.48. The van der Waals surface area contributed by atoms with Crippen molar-refractivity contribution in [1.82, 2.24) is 14.8 Å². The number of thiophene rings is 1. The minimum Gasteiger partial charge on any atom is -0.616 e. The smallest absolute Gasteiger partial charge is 0.227 e. The van der Waals surface area contributed by atoms with Crippen LogP contribution >= 0.6 is 22.9 Å². The molecule has 0 radical (unpaired) electrons. The molecule has 0 aliphatic carbocycles. The lowest BCUT2D eigenvalue weighted by Crippen LogP contribution is -2.17. The quantitative estimate of drug-likeness (QED) is 0.336. The Bertz CT molecular complexity index is 1570. The maximum absolute atomic E-state index is 13.3. The van der Waals surface area contributed by atoms with E-state index in [0.717, 1.165) is 44.4 Å². The Morgan fingerprint density at radius 3 is 2.68 bits per heavy atom. The molecular formula is C27H24ClN5O2S2. The Kier molecular flexibility index (Phi) is 6.19. The summed E-state index contributed by atoms with van der Waals surface area (Å²) in [6.07, 6.45) is 0.102. The molecule has 4 aromatic rings. The van der Waals surface area contributed by atoms with Crippen molar-refractivity contribution >= 4 is 51.4 Å². The molecule has 0 bridgehead atoms. The molecule has 188 valence electrons. The Morgan fingerprint density at radius 2 is 1.89 bits per heavy atom. The molecule has 37 heavy (non-hydrogen) atoms. The Labute approximate surface area is 226 Å². The van der Waals surface area contributed by atoms with Gasteiger partial charge in [0.25, 0.3) is 0 Å². The number of carbonyl (C=O) groups is 1. The number of anilines is 1. The van der Waals surface area contributed by atoms with Gasteiger partial charge < -0.3 is 9.87 Å². The van der Waals surface area contributed by atoms with Gasteiger partial charge in [-0.15, -0.1) is 21.5 Å². The molecule has 0 spiro atoms. The number of amides is 1. The number of fused-ring (bicyclic) bond motifs is 4. The first-order valence-electron chi connectivity index (χ1n) is 11.9. The molecule has 0 fully saturated rings. The third kappa shape index (κ3) is 4.40. The van der Waals surface area contributed by atoms with Gasteiger partial charge in [-0.3, -0.25) is 14.4 Å². The van der Waals surface area contributed by atoms with E-state index in [9.17, 15) is 9.35 Å². The molecule has 0 saturated carbocycles. The fourth-order valence-corrected chi connectivity index (χ4v) is 7.58. The van der Waals surface area contributed by atoms with Gasteiger partial charge in [-0.05, 0) is 61.8 Å². The van der Waals surface area contributed by atoms with Gasteiger partial charge in [0.2, 0.25) is 5.91 Å². The molecule has 2 atom stereocenters. The molecule has 2 aliphatic heterocycles. The van der Waals surface area contributed by atoms with Gasteiger partial charge >= 0.3 is 0 Å². The van der Waals surface area contributed by atoms with Gasteiger partial charge in [-0.1, -0.05) is 29.8 Å². The van der Waals surface area contributed by atoms with Crippen LogP contribution in [0, 0.1) is 20.8 Å². The van der Waals surface area contributed by atoms with Crippen LogP contribution in [-0.2, 0) is 27.5 Å². The zero-order valence-electron chi connectivity index (χ0n) is 20.5. The topological polar surface area (TPSA) is 95.2 Å². The molecule has 4 heterocycles. The summed E-state index contributed by atoms with van der Waals surface area (Å²) in [5.74, 6) is 2.32. The summed E-state index contributed by atoms with van der Waals surface area (Å²) < 4.78 is 14.0. The van der Waals surface area contributed by atoms with Crippen LogP contribution < -0.4 is 5.32 Å². The number of nitrogens with zero attached hydrogens (tertiary/aromatic N) is 4. The van der Waals surface area contributed by atoms with E-state index in [4.69, 9.17) is 16.6 Å². The number of aryl methyl sites for hydroxylation is 2. The van der Waals surface area contributed by atoms with Crippen molar-refractivity contribution in [2.75, 3.05) is 5.32 Å². The van der Waals surface area contributed by atoms with E-state index in [1.165, 1.54) is 4.88 Å². The SMILES string of the molecule is Cc1sc2c(c1C)C(c1ccc(Cl)cc1)=N[C@@H](CC(=O)Nc1ccc3c(c1)C[S@@+]([O-])C3)c1nnc(C)n1-2. The number of aliphatic imine (C=N–C) groups is 1. The number of halogens is 1. The molecule has 2 aromatic carbocycles. The molecule has 10 heteroatoms. The third-order valence-electron chi connectivity index (χ3n) is 6.86. The summed E-state index contributed by atoms with van der Waals surface area (Å²) >= 11 is 6.99. The van der Waals surface area contributed by atoms with E-state index < -0.39 is 17.2 Å². The van der Waals surface area contributed by atoms with Gasteiger partial charge in [0.05, 0.1) is 12.1 Å². The highest BCUT2D eigenvalue weighted by molar-refractivity contribution is 7.90. The van der Waals surface area contributed by atoms with Crippen molar-refractivity contribution in [2.45, 2.75) is 44.7 Å². The van der Waals surface area contributed by atoms with Crippen molar-refractivity contribution in [3.63, 3.8) is 0 Å². The van der Waals surface area contributed by atoms with Crippen LogP contribution in [0.1, 0.15) is 56.8 Å². The summed E-state index contributed by atoms with van der Waals surface area (Å²) in [6, 6.07) is 12.8. The highest BCUT2D eigenvalue weighted by Gasteiger charge is 2.32. The first-order chi connectivity index (χ1) is 17.8. The fourth-order valence-electron chi connectivity index (χ4n) is 4.90. The molecule has 0 unspecified atom stereocenters. The molecule has 0 saturated heterocycles. The van der Waals surface area contributed by atoms with Gasteiger partial charge in [-0.25, -0.2) is 0 Å². The van der Waals surface area contributed by atoms with Crippen LogP contribution in [0.4, 0.5) is 5.69 Å². The maximum atomic E-state index is 13.3. The largest absolute Gasteiger partial charge is 0.616 e. The van der Waals surface area contributed by atoms with Crippen molar-refractivity contribution < 1.29 is 9.35 Å². The monoisotopic (exact) mass is 549 g/mol. The standard InChI is InChI=1S/C27H24ClN5O2S2/c1-14-15(2)36-27-24(14)25(17-4-7-20(28)8-5-17)30-22(26-32-31-16(3)33(26)27)11-23(34)29-21-9-6-18-12-37(35)13-19(18)10-21/h4-10,22H,11-13H2,1-3H3,(H,29,34)/t22-,37-/m0/s1. The number of aromatic nitrogens is 3. The minimum absolute atomic E-state index is 0.102. The highest BCUT2D eigenvalue weighted by Crippen LogP contribution is 2.39. The van der Waals surface area contributed by atoms with E-state index in [1.54, 1.807) is 11.3 Å². The van der Waals surface area contributed by atoms with Crippen molar-refractivity contribution in [3.05, 3.63) is 91.8 Å². The van der Waals surface area contributed by atoms with Crippen molar-refractivity contribution in [1.29, 1.82) is 0 Å². The van der Waals surface area contributed by atoms with Crippen molar-refractivity contribution in [3.8, 4) is 5.00 Å². The molecule has 2 aromatic heterocycles. The molecule has 2 aliphatic rings. The van der Waals surface area contributed by atoms with E-state index in [2.05, 4.69) is 29.4 Å². The van der Waals surface area contributed by atoms with Crippen LogP contribution in [-0.4, -0.2) is 30.9 Å². The number of nitrogens with one attached hydrogen (secondary N) is 1. The molecular weight excluding hydrogens is 526 g/mol. The number of carbonyl (C=O) groups excluding carboxylic acids is 1. The lowest BCUT2D eigenvalue weighted by Gasteiger charge is -2.13. The number of hydrogen-bond donors (Lipinski definition) is 1. The van der Waals surface area contributed by atoms with Crippen LogP contribution in [0.2, 0.25) is 5.02 Å². The fraction of sp³-hybridized carbons (Fsp3) is 0.259. The first-order valence-corrected chi connectivity index (χ1v) is 14.6. The van der Waals surface area contributed by atoms with E-state index >= 15 is 0 Å². The summed E-state index contributed by atoms with van der Waals surface area (Å²) in [5.41, 5.74) is 6.73. The predicted molar refractivity (Wildman–Crippen MR) is 149 cm³/mol. The molecule has 1 N–H and O–H groups in total. The Hall–Kier alpha value is -2.98. The predicted octanol–water partition coefficient (Wildman–Crippen LogP) is 5.59. The molecule has 6 rings (SSSR count). The second-order valence-corrected chi connectivity index (χ2v) is 12.5. The van der Waals surface area contributed by atoms with Crippen molar-refractivity contribution in [2.24, 2.45) is 4.99 Å². The van der Waals surface area contributed by atoms with Gasteiger partial charge in [0.15, 0.2) is 5.82 Å². The van der Waals surface area contributed by atoms with Crippen LogP contribution in [0.5, 0.6) is 0 Å². The lowest BCUT2D eigenvalue weighted by molar-refractivity contribution is -0.116. The second kappa shape index (κ2) is 9.40. The third-order valence-corrected chi connectivity index (χ3v) is 9.57. The van der Waals surface area contributed by atoms with E-state index in [-0.39, 0.29) is 12.3 Å². The van der Waals surface area contributed by atoms with E-state index in [1.807, 2.05) is 54.0 Å². The molecule has 1 amide bonds. The molecule has 7 nitrogen and oxygen atoms in total. The normalized spacial score (nSPS) is 18.0. The van der Waals surface area contributed by atoms with Crippen LogP contribution in [0.25, 0.3) is 5.00 Å². The van der Waals surface area contributed by atoms with Gasteiger partial charge in [0.1, 0.15) is 28.4 Å². The highest BCUT2D eigenvalue weighted by atomic mass is 35.5. The summed E-state index contributed by atoms with van der Waals surface area (Å²) in [7, 11) is 0. The number of hydrogen-bond acceptors (Lipinski definition) is 6. The average molecular weight is 550 g/mol. The lowest BCUT2D eigenvalue weighted by atomic mass is 9.99.